The molecule has 0 bridgehead atoms. The first-order valence-electron chi connectivity index (χ1n) is 4.99. The van der Waals surface area contributed by atoms with Gasteiger partial charge in [-0.2, -0.15) is 0 Å². The summed E-state index contributed by atoms with van der Waals surface area (Å²) in [5.41, 5.74) is 2.45. The summed E-state index contributed by atoms with van der Waals surface area (Å²) in [6.45, 7) is 1.94. The van der Waals surface area contributed by atoms with Gasteiger partial charge >= 0.3 is 0 Å². The van der Waals surface area contributed by atoms with Gasteiger partial charge in [0.2, 0.25) is 0 Å². The summed E-state index contributed by atoms with van der Waals surface area (Å²) in [5.74, 6) is -0.0225. The van der Waals surface area contributed by atoms with E-state index in [0.717, 1.165) is 24.1 Å². The second-order valence-corrected chi connectivity index (χ2v) is 4.06. The third kappa shape index (κ3) is 2.42. The highest BCUT2D eigenvalue weighted by molar-refractivity contribution is 6.24. The number of anilines is 1. The SMILES string of the molecule is Cc1ccc(C(=O)NC2CC2)cc1NCl. The minimum Gasteiger partial charge on any atom is -0.349 e. The van der Waals surface area contributed by atoms with Crippen LogP contribution in [0.5, 0.6) is 0 Å². The highest BCUT2D eigenvalue weighted by Crippen LogP contribution is 2.21. The molecule has 0 spiro atoms. The standard InChI is InChI=1S/C11H13ClN2O/c1-7-2-3-8(6-10(7)14-12)11(15)13-9-4-5-9/h2-3,6,9,14H,4-5H2,1H3,(H,13,15). The van der Waals surface area contributed by atoms with Crippen LogP contribution in [0.25, 0.3) is 0 Å². The predicted molar refractivity (Wildman–Crippen MR) is 61.1 cm³/mol. The number of halogens is 1. The molecule has 0 aromatic heterocycles. The van der Waals surface area contributed by atoms with Crippen molar-refractivity contribution in [1.82, 2.24) is 5.32 Å². The van der Waals surface area contributed by atoms with E-state index in [-0.39, 0.29) is 5.91 Å². The van der Waals surface area contributed by atoms with Gasteiger partial charge in [-0.3, -0.25) is 9.63 Å². The van der Waals surface area contributed by atoms with E-state index in [1.165, 1.54) is 0 Å². The van der Waals surface area contributed by atoms with Gasteiger partial charge in [0.25, 0.3) is 5.91 Å². The Bertz CT molecular complexity index is 388. The first-order valence-corrected chi connectivity index (χ1v) is 5.36. The molecule has 1 saturated carbocycles. The Hall–Kier alpha value is -1.22. The zero-order chi connectivity index (χ0) is 10.8. The number of amides is 1. The topological polar surface area (TPSA) is 41.1 Å². The molecule has 1 aromatic carbocycles. The van der Waals surface area contributed by atoms with Crippen molar-refractivity contribution in [3.05, 3.63) is 29.3 Å². The van der Waals surface area contributed by atoms with Crippen molar-refractivity contribution in [2.75, 3.05) is 4.84 Å². The number of carbonyl (C=O) groups is 1. The fraction of sp³-hybridized carbons (Fsp3) is 0.364. The van der Waals surface area contributed by atoms with Gasteiger partial charge in [-0.05, 0) is 37.5 Å². The van der Waals surface area contributed by atoms with Crippen molar-refractivity contribution in [1.29, 1.82) is 0 Å². The molecular weight excluding hydrogens is 212 g/mol. The van der Waals surface area contributed by atoms with Crippen molar-refractivity contribution >= 4 is 23.4 Å². The van der Waals surface area contributed by atoms with Crippen molar-refractivity contribution in [3.8, 4) is 0 Å². The highest BCUT2D eigenvalue weighted by atomic mass is 35.5. The van der Waals surface area contributed by atoms with E-state index in [0.29, 0.717) is 11.6 Å². The van der Waals surface area contributed by atoms with Crippen molar-refractivity contribution in [2.45, 2.75) is 25.8 Å². The Balaban J connectivity index is 2.16. The Kier molecular flexibility index (Phi) is 2.82. The van der Waals surface area contributed by atoms with E-state index in [4.69, 9.17) is 11.8 Å². The molecule has 0 radical (unpaired) electrons. The third-order valence-electron chi connectivity index (χ3n) is 2.51. The smallest absolute Gasteiger partial charge is 0.251 e. The lowest BCUT2D eigenvalue weighted by Gasteiger charge is -2.07. The van der Waals surface area contributed by atoms with Crippen LogP contribution in [0.15, 0.2) is 18.2 Å². The fourth-order valence-corrected chi connectivity index (χ4v) is 1.57. The number of aryl methyl sites for hydroxylation is 1. The minimum atomic E-state index is -0.0225. The molecule has 1 amide bonds. The molecule has 4 heteroatoms. The van der Waals surface area contributed by atoms with E-state index in [2.05, 4.69) is 10.2 Å². The lowest BCUT2D eigenvalue weighted by molar-refractivity contribution is 0.0951. The largest absolute Gasteiger partial charge is 0.349 e. The second kappa shape index (κ2) is 4.11. The van der Waals surface area contributed by atoms with E-state index in [1.807, 2.05) is 19.1 Å². The predicted octanol–water partition coefficient (Wildman–Crippen LogP) is 2.45. The summed E-state index contributed by atoms with van der Waals surface area (Å²) in [7, 11) is 0. The zero-order valence-electron chi connectivity index (χ0n) is 8.51. The van der Waals surface area contributed by atoms with Gasteiger partial charge in [-0.25, -0.2) is 0 Å². The molecule has 15 heavy (non-hydrogen) atoms. The maximum Gasteiger partial charge on any atom is 0.251 e. The fourth-order valence-electron chi connectivity index (χ4n) is 1.36. The number of hydrogen-bond acceptors (Lipinski definition) is 2. The maximum absolute atomic E-state index is 11.7. The molecule has 0 unspecified atom stereocenters. The molecule has 1 aliphatic carbocycles. The Labute approximate surface area is 93.9 Å². The van der Waals surface area contributed by atoms with Crippen molar-refractivity contribution in [3.63, 3.8) is 0 Å². The molecule has 0 saturated heterocycles. The Morgan fingerprint density at radius 3 is 2.80 bits per heavy atom. The van der Waals surface area contributed by atoms with Crippen molar-refractivity contribution in [2.24, 2.45) is 0 Å². The normalized spacial score (nSPS) is 14.8. The van der Waals surface area contributed by atoms with Crippen LogP contribution in [0.1, 0.15) is 28.8 Å². The lowest BCUT2D eigenvalue weighted by atomic mass is 10.1. The number of benzene rings is 1. The van der Waals surface area contributed by atoms with E-state index in [9.17, 15) is 4.79 Å². The van der Waals surface area contributed by atoms with Gasteiger partial charge in [0, 0.05) is 23.4 Å². The van der Waals surface area contributed by atoms with Crippen LogP contribution >= 0.6 is 11.8 Å². The van der Waals surface area contributed by atoms with Gasteiger partial charge in [-0.1, -0.05) is 6.07 Å². The lowest BCUT2D eigenvalue weighted by Crippen LogP contribution is -2.25. The van der Waals surface area contributed by atoms with Crippen LogP contribution in [0.4, 0.5) is 5.69 Å². The first kappa shape index (κ1) is 10.3. The highest BCUT2D eigenvalue weighted by Gasteiger charge is 2.23. The molecule has 1 fully saturated rings. The number of nitrogens with one attached hydrogen (secondary N) is 2. The number of carbonyl (C=O) groups excluding carboxylic acids is 1. The summed E-state index contributed by atoms with van der Waals surface area (Å²) in [6.07, 6.45) is 2.19. The Morgan fingerprint density at radius 1 is 1.47 bits per heavy atom. The van der Waals surface area contributed by atoms with Crippen LogP contribution in [0.2, 0.25) is 0 Å². The van der Waals surface area contributed by atoms with Crippen LogP contribution in [-0.4, -0.2) is 11.9 Å². The molecule has 0 aliphatic heterocycles. The molecule has 80 valence electrons. The van der Waals surface area contributed by atoms with Gasteiger partial charge in [0.15, 0.2) is 0 Å². The van der Waals surface area contributed by atoms with Crippen LogP contribution in [0, 0.1) is 6.92 Å². The summed E-state index contributed by atoms with van der Waals surface area (Å²) >= 11 is 5.55. The number of rotatable bonds is 3. The Morgan fingerprint density at radius 2 is 2.20 bits per heavy atom. The van der Waals surface area contributed by atoms with Gasteiger partial charge in [-0.15, -0.1) is 0 Å². The molecule has 3 nitrogen and oxygen atoms in total. The monoisotopic (exact) mass is 224 g/mol. The van der Waals surface area contributed by atoms with Crippen LogP contribution in [-0.2, 0) is 0 Å². The van der Waals surface area contributed by atoms with E-state index >= 15 is 0 Å². The van der Waals surface area contributed by atoms with Gasteiger partial charge in [0.1, 0.15) is 0 Å². The minimum absolute atomic E-state index is 0.0225. The average Bonchev–Trinajstić information content (AvgIpc) is 3.02. The summed E-state index contributed by atoms with van der Waals surface area (Å²) in [6, 6.07) is 5.84. The third-order valence-corrected chi connectivity index (χ3v) is 2.72. The summed E-state index contributed by atoms with van der Waals surface area (Å²) in [4.78, 5) is 14.2. The summed E-state index contributed by atoms with van der Waals surface area (Å²) in [5, 5.41) is 2.93. The first-order chi connectivity index (χ1) is 7.20. The quantitative estimate of drug-likeness (QED) is 0.775. The average molecular weight is 225 g/mol. The van der Waals surface area contributed by atoms with Gasteiger partial charge in [0.05, 0.1) is 5.69 Å². The molecule has 2 N–H and O–H groups in total. The van der Waals surface area contributed by atoms with Gasteiger partial charge < -0.3 is 5.32 Å². The van der Waals surface area contributed by atoms with E-state index in [1.54, 1.807) is 6.07 Å². The maximum atomic E-state index is 11.7. The van der Waals surface area contributed by atoms with Crippen molar-refractivity contribution < 1.29 is 4.79 Å². The molecule has 1 aliphatic rings. The van der Waals surface area contributed by atoms with Crippen LogP contribution < -0.4 is 10.2 Å². The second-order valence-electron chi connectivity index (χ2n) is 3.87. The molecule has 1 aromatic rings. The molecular formula is C11H13ClN2O. The van der Waals surface area contributed by atoms with E-state index < -0.39 is 0 Å². The molecule has 0 atom stereocenters. The van der Waals surface area contributed by atoms with Crippen LogP contribution in [0.3, 0.4) is 0 Å². The number of hydrogen-bond donors (Lipinski definition) is 2. The molecule has 2 rings (SSSR count). The molecule has 0 heterocycles. The summed E-state index contributed by atoms with van der Waals surface area (Å²) < 4.78 is 0. The zero-order valence-corrected chi connectivity index (χ0v) is 9.27.